The van der Waals surface area contributed by atoms with Gasteiger partial charge in [-0.15, -0.1) is 0 Å². The van der Waals surface area contributed by atoms with Crippen molar-refractivity contribution in [3.05, 3.63) is 58.5 Å². The summed E-state index contributed by atoms with van der Waals surface area (Å²) < 4.78 is 2.13. The van der Waals surface area contributed by atoms with Gasteiger partial charge in [-0.3, -0.25) is 4.79 Å². The summed E-state index contributed by atoms with van der Waals surface area (Å²) in [5.41, 5.74) is 8.50. The number of benzene rings is 1. The smallest absolute Gasteiger partial charge is 0.270 e. The van der Waals surface area contributed by atoms with E-state index in [4.69, 9.17) is 4.98 Å². The number of aromatic nitrogens is 3. The number of amides is 1. The van der Waals surface area contributed by atoms with Gasteiger partial charge in [0, 0.05) is 54.8 Å². The van der Waals surface area contributed by atoms with E-state index in [0.29, 0.717) is 5.95 Å². The minimum Gasteiger partial charge on any atom is -0.339 e. The van der Waals surface area contributed by atoms with Gasteiger partial charge in [0.15, 0.2) is 0 Å². The minimum absolute atomic E-state index is 0.0755. The fourth-order valence-corrected chi connectivity index (χ4v) is 5.39. The molecular weight excluding hydrogens is 382 g/mol. The standard InChI is InChI=1S/C22H23N5OS/c1-13-19(14(2)27-9-8-26(3)21(28)20(13)27)18-6-7-23-22(25-18)24-17-5-4-15-11-29-12-16(15)10-17/h4-7,10H,8-9,11-12H2,1-3H3,(H,23,24,25). The highest BCUT2D eigenvalue weighted by atomic mass is 32.2. The highest BCUT2D eigenvalue weighted by molar-refractivity contribution is 7.98. The Bertz CT molecular complexity index is 1140. The predicted molar refractivity (Wildman–Crippen MR) is 117 cm³/mol. The lowest BCUT2D eigenvalue weighted by molar-refractivity contribution is 0.0747. The number of hydrogen-bond donors (Lipinski definition) is 1. The van der Waals surface area contributed by atoms with Gasteiger partial charge in [0.1, 0.15) is 5.69 Å². The molecule has 4 heterocycles. The van der Waals surface area contributed by atoms with E-state index < -0.39 is 0 Å². The van der Waals surface area contributed by atoms with E-state index >= 15 is 0 Å². The van der Waals surface area contributed by atoms with E-state index in [-0.39, 0.29) is 5.91 Å². The van der Waals surface area contributed by atoms with Crippen molar-refractivity contribution in [3.8, 4) is 11.3 Å². The first-order valence-corrected chi connectivity index (χ1v) is 10.9. The van der Waals surface area contributed by atoms with Crippen molar-refractivity contribution in [1.82, 2.24) is 19.4 Å². The first kappa shape index (κ1) is 18.2. The molecule has 0 saturated carbocycles. The molecule has 0 spiro atoms. The van der Waals surface area contributed by atoms with Crippen LogP contribution in [0.2, 0.25) is 0 Å². The van der Waals surface area contributed by atoms with E-state index in [1.165, 1.54) is 11.1 Å². The van der Waals surface area contributed by atoms with Crippen LogP contribution in [0.5, 0.6) is 0 Å². The van der Waals surface area contributed by atoms with Gasteiger partial charge in [0.05, 0.1) is 5.69 Å². The highest BCUT2D eigenvalue weighted by Crippen LogP contribution is 2.34. The number of nitrogens with zero attached hydrogens (tertiary/aromatic N) is 4. The van der Waals surface area contributed by atoms with E-state index in [1.54, 1.807) is 11.1 Å². The molecule has 0 fully saturated rings. The molecular formula is C22H23N5OS. The molecule has 0 aliphatic carbocycles. The van der Waals surface area contributed by atoms with Crippen LogP contribution in [-0.2, 0) is 18.1 Å². The van der Waals surface area contributed by atoms with Crippen LogP contribution in [0.15, 0.2) is 30.5 Å². The molecule has 1 aromatic carbocycles. The summed E-state index contributed by atoms with van der Waals surface area (Å²) >= 11 is 1.94. The Morgan fingerprint density at radius 1 is 1.10 bits per heavy atom. The van der Waals surface area contributed by atoms with Crippen LogP contribution in [0.25, 0.3) is 11.3 Å². The maximum atomic E-state index is 12.7. The van der Waals surface area contributed by atoms with Crippen molar-refractivity contribution in [2.75, 3.05) is 18.9 Å². The molecule has 148 valence electrons. The summed E-state index contributed by atoms with van der Waals surface area (Å²) in [6.45, 7) is 5.62. The largest absolute Gasteiger partial charge is 0.339 e. The number of carbonyl (C=O) groups is 1. The molecule has 0 unspecified atom stereocenters. The molecule has 5 rings (SSSR count). The molecule has 2 aromatic heterocycles. The fourth-order valence-electron chi connectivity index (χ4n) is 4.30. The number of rotatable bonds is 3. The summed E-state index contributed by atoms with van der Waals surface area (Å²) in [4.78, 5) is 23.7. The Hall–Kier alpha value is -2.80. The summed E-state index contributed by atoms with van der Waals surface area (Å²) in [7, 11) is 1.86. The zero-order chi connectivity index (χ0) is 20.1. The Morgan fingerprint density at radius 3 is 2.79 bits per heavy atom. The normalized spacial score (nSPS) is 15.4. The van der Waals surface area contributed by atoms with Gasteiger partial charge in [-0.25, -0.2) is 9.97 Å². The Labute approximate surface area is 174 Å². The van der Waals surface area contributed by atoms with E-state index in [9.17, 15) is 4.79 Å². The van der Waals surface area contributed by atoms with Crippen LogP contribution in [0, 0.1) is 13.8 Å². The number of nitrogens with one attached hydrogen (secondary N) is 1. The van der Waals surface area contributed by atoms with Gasteiger partial charge in [-0.05, 0) is 48.7 Å². The van der Waals surface area contributed by atoms with Crippen LogP contribution in [0.4, 0.5) is 11.6 Å². The SMILES string of the molecule is Cc1c(-c2ccnc(Nc3ccc4c(c3)CSC4)n2)c(C)n2c1C(=O)N(C)CC2. The molecule has 2 aliphatic heterocycles. The molecule has 29 heavy (non-hydrogen) atoms. The monoisotopic (exact) mass is 405 g/mol. The van der Waals surface area contributed by atoms with Crippen molar-refractivity contribution >= 4 is 29.3 Å². The van der Waals surface area contributed by atoms with Gasteiger partial charge < -0.3 is 14.8 Å². The number of hydrogen-bond acceptors (Lipinski definition) is 5. The average molecular weight is 406 g/mol. The third-order valence-electron chi connectivity index (χ3n) is 5.86. The Kier molecular flexibility index (Phi) is 4.35. The van der Waals surface area contributed by atoms with E-state index in [1.807, 2.05) is 31.8 Å². The average Bonchev–Trinajstić information content (AvgIpc) is 3.27. The molecule has 2 aliphatic rings. The first-order chi connectivity index (χ1) is 14.0. The van der Waals surface area contributed by atoms with E-state index in [2.05, 4.69) is 40.0 Å². The summed E-state index contributed by atoms with van der Waals surface area (Å²) in [5, 5.41) is 3.35. The second-order valence-corrected chi connectivity index (χ2v) is 8.66. The van der Waals surface area contributed by atoms with Crippen LogP contribution in [-0.4, -0.2) is 38.9 Å². The minimum atomic E-state index is 0.0755. The molecule has 6 nitrogen and oxygen atoms in total. The maximum absolute atomic E-state index is 12.7. The fraction of sp³-hybridized carbons (Fsp3) is 0.318. The van der Waals surface area contributed by atoms with Crippen molar-refractivity contribution < 1.29 is 4.79 Å². The first-order valence-electron chi connectivity index (χ1n) is 9.78. The van der Waals surface area contributed by atoms with Crippen molar-refractivity contribution in [3.63, 3.8) is 0 Å². The third-order valence-corrected chi connectivity index (χ3v) is 6.89. The van der Waals surface area contributed by atoms with E-state index in [0.717, 1.165) is 58.5 Å². The highest BCUT2D eigenvalue weighted by Gasteiger charge is 2.29. The zero-order valence-corrected chi connectivity index (χ0v) is 17.6. The molecule has 3 aromatic rings. The van der Waals surface area contributed by atoms with Crippen molar-refractivity contribution in [2.24, 2.45) is 0 Å². The molecule has 1 N–H and O–H groups in total. The number of fused-ring (bicyclic) bond motifs is 2. The third kappa shape index (κ3) is 3.00. The van der Waals surface area contributed by atoms with Crippen LogP contribution < -0.4 is 5.32 Å². The second-order valence-electron chi connectivity index (χ2n) is 7.68. The second kappa shape index (κ2) is 6.91. The lowest BCUT2D eigenvalue weighted by Crippen LogP contribution is -2.37. The lowest BCUT2D eigenvalue weighted by Gasteiger charge is -2.25. The Morgan fingerprint density at radius 2 is 1.93 bits per heavy atom. The molecule has 0 atom stereocenters. The van der Waals surface area contributed by atoms with Gasteiger partial charge in [0.25, 0.3) is 5.91 Å². The van der Waals surface area contributed by atoms with Gasteiger partial charge in [-0.1, -0.05) is 6.07 Å². The summed E-state index contributed by atoms with van der Waals surface area (Å²) in [5.74, 6) is 2.79. The number of thioether (sulfide) groups is 1. The van der Waals surface area contributed by atoms with Crippen LogP contribution >= 0.6 is 11.8 Å². The summed E-state index contributed by atoms with van der Waals surface area (Å²) in [6, 6.07) is 8.37. The lowest BCUT2D eigenvalue weighted by atomic mass is 10.1. The van der Waals surface area contributed by atoms with Gasteiger partial charge >= 0.3 is 0 Å². The molecule has 0 radical (unpaired) electrons. The quantitative estimate of drug-likeness (QED) is 0.710. The van der Waals surface area contributed by atoms with Crippen molar-refractivity contribution in [1.29, 1.82) is 0 Å². The number of anilines is 2. The maximum Gasteiger partial charge on any atom is 0.270 e. The van der Waals surface area contributed by atoms with Crippen LogP contribution in [0.1, 0.15) is 32.9 Å². The molecule has 0 saturated heterocycles. The van der Waals surface area contributed by atoms with Gasteiger partial charge in [-0.2, -0.15) is 11.8 Å². The number of carbonyl (C=O) groups excluding carboxylic acids is 1. The topological polar surface area (TPSA) is 63.1 Å². The Balaban J connectivity index is 1.51. The predicted octanol–water partition coefficient (Wildman–Crippen LogP) is 4.14. The zero-order valence-electron chi connectivity index (χ0n) is 16.8. The summed E-state index contributed by atoms with van der Waals surface area (Å²) in [6.07, 6.45) is 1.78. The molecule has 0 bridgehead atoms. The number of likely N-dealkylation sites (N-methyl/N-ethyl adjacent to an activating group) is 1. The van der Waals surface area contributed by atoms with Gasteiger partial charge in [0.2, 0.25) is 5.95 Å². The molecule has 1 amide bonds. The molecule has 7 heteroatoms. The van der Waals surface area contributed by atoms with Crippen molar-refractivity contribution in [2.45, 2.75) is 31.9 Å². The van der Waals surface area contributed by atoms with Crippen LogP contribution in [0.3, 0.4) is 0 Å².